The summed E-state index contributed by atoms with van der Waals surface area (Å²) in [7, 11) is 0. The molecule has 0 heterocycles. The average Bonchev–Trinajstić information content (AvgIpc) is 2.68. The van der Waals surface area contributed by atoms with E-state index in [0.29, 0.717) is 17.8 Å². The SMILES string of the molecule is CC(C)C(C)C(c1cccc2ccccc12)c1cccc2ccccc12. The minimum atomic E-state index is 0.382. The summed E-state index contributed by atoms with van der Waals surface area (Å²) in [5.41, 5.74) is 2.89. The Bertz CT molecular complexity index is 952. The normalized spacial score (nSPS) is 13.0. The standard InChI is InChI=1S/C26H26/c1-18(2)19(3)26(24-16-8-12-20-10-4-6-14-22(20)24)25-17-9-13-21-11-5-7-15-23(21)25/h4-19,26H,1-3H3. The summed E-state index contributed by atoms with van der Waals surface area (Å²) < 4.78 is 0. The van der Waals surface area contributed by atoms with Crippen LogP contribution in [0.5, 0.6) is 0 Å². The lowest BCUT2D eigenvalue weighted by atomic mass is 9.74. The average molecular weight is 338 g/mol. The van der Waals surface area contributed by atoms with Crippen molar-refractivity contribution in [3.8, 4) is 0 Å². The fraction of sp³-hybridized carbons (Fsp3) is 0.231. The van der Waals surface area contributed by atoms with E-state index in [4.69, 9.17) is 0 Å². The summed E-state index contributed by atoms with van der Waals surface area (Å²) in [4.78, 5) is 0. The summed E-state index contributed by atoms with van der Waals surface area (Å²) >= 11 is 0. The lowest BCUT2D eigenvalue weighted by molar-refractivity contribution is 0.380. The van der Waals surface area contributed by atoms with Crippen molar-refractivity contribution in [1.82, 2.24) is 0 Å². The molecule has 0 aromatic heterocycles. The Morgan fingerprint density at radius 1 is 0.500 bits per heavy atom. The minimum absolute atomic E-state index is 0.382. The molecule has 0 saturated carbocycles. The molecule has 130 valence electrons. The van der Waals surface area contributed by atoms with Gasteiger partial charge in [-0.15, -0.1) is 0 Å². The van der Waals surface area contributed by atoms with Gasteiger partial charge in [-0.3, -0.25) is 0 Å². The van der Waals surface area contributed by atoms with Crippen molar-refractivity contribution in [2.45, 2.75) is 26.7 Å². The summed E-state index contributed by atoms with van der Waals surface area (Å²) in [6.07, 6.45) is 0. The van der Waals surface area contributed by atoms with E-state index in [2.05, 4.69) is 106 Å². The van der Waals surface area contributed by atoms with E-state index in [-0.39, 0.29) is 0 Å². The zero-order chi connectivity index (χ0) is 18.1. The van der Waals surface area contributed by atoms with Crippen LogP contribution in [0.2, 0.25) is 0 Å². The largest absolute Gasteiger partial charge is 0.0625 e. The van der Waals surface area contributed by atoms with Crippen LogP contribution < -0.4 is 0 Å². The van der Waals surface area contributed by atoms with Crippen molar-refractivity contribution >= 4 is 21.5 Å². The van der Waals surface area contributed by atoms with Crippen molar-refractivity contribution in [2.75, 3.05) is 0 Å². The van der Waals surface area contributed by atoms with E-state index in [1.165, 1.54) is 32.7 Å². The Labute approximate surface area is 156 Å². The molecule has 0 saturated heterocycles. The minimum Gasteiger partial charge on any atom is -0.0625 e. The molecule has 4 aromatic rings. The highest BCUT2D eigenvalue weighted by Crippen LogP contribution is 2.41. The smallest absolute Gasteiger partial charge is 0.0130 e. The molecule has 0 nitrogen and oxygen atoms in total. The number of benzene rings is 4. The van der Waals surface area contributed by atoms with E-state index >= 15 is 0 Å². The molecule has 0 aliphatic carbocycles. The van der Waals surface area contributed by atoms with E-state index in [9.17, 15) is 0 Å². The molecule has 0 aliphatic heterocycles. The van der Waals surface area contributed by atoms with Gasteiger partial charge < -0.3 is 0 Å². The fourth-order valence-electron chi connectivity index (χ4n) is 4.16. The second-order valence-electron chi connectivity index (χ2n) is 7.72. The molecule has 0 radical (unpaired) electrons. The molecule has 0 N–H and O–H groups in total. The molecular weight excluding hydrogens is 312 g/mol. The Morgan fingerprint density at radius 3 is 1.38 bits per heavy atom. The van der Waals surface area contributed by atoms with Gasteiger partial charge in [-0.05, 0) is 44.5 Å². The number of rotatable bonds is 4. The van der Waals surface area contributed by atoms with Gasteiger partial charge in [0.25, 0.3) is 0 Å². The van der Waals surface area contributed by atoms with Crippen LogP contribution in [0, 0.1) is 11.8 Å². The maximum atomic E-state index is 2.40. The third kappa shape index (κ3) is 2.90. The molecule has 0 bridgehead atoms. The third-order valence-corrected chi connectivity index (χ3v) is 5.89. The topological polar surface area (TPSA) is 0 Å². The maximum Gasteiger partial charge on any atom is 0.0130 e. The number of hydrogen-bond acceptors (Lipinski definition) is 0. The predicted molar refractivity (Wildman–Crippen MR) is 114 cm³/mol. The molecule has 26 heavy (non-hydrogen) atoms. The van der Waals surface area contributed by atoms with Gasteiger partial charge in [0.1, 0.15) is 0 Å². The quantitative estimate of drug-likeness (QED) is 0.363. The van der Waals surface area contributed by atoms with Gasteiger partial charge in [0, 0.05) is 5.92 Å². The van der Waals surface area contributed by atoms with E-state index in [1.54, 1.807) is 0 Å². The van der Waals surface area contributed by atoms with E-state index in [0.717, 1.165) is 0 Å². The van der Waals surface area contributed by atoms with Crippen molar-refractivity contribution in [1.29, 1.82) is 0 Å². The molecule has 1 unspecified atom stereocenters. The first-order chi connectivity index (χ1) is 12.7. The van der Waals surface area contributed by atoms with Crippen LogP contribution in [0.3, 0.4) is 0 Å². The molecule has 4 rings (SSSR count). The molecular formula is C26H26. The van der Waals surface area contributed by atoms with Crippen molar-refractivity contribution in [3.63, 3.8) is 0 Å². The van der Waals surface area contributed by atoms with Crippen LogP contribution in [0.1, 0.15) is 37.8 Å². The predicted octanol–water partition coefficient (Wildman–Crippen LogP) is 7.42. The van der Waals surface area contributed by atoms with E-state index in [1.807, 2.05) is 0 Å². The second kappa shape index (κ2) is 6.96. The number of fused-ring (bicyclic) bond motifs is 2. The molecule has 0 aliphatic rings. The molecule has 4 aromatic carbocycles. The third-order valence-electron chi connectivity index (χ3n) is 5.89. The highest BCUT2D eigenvalue weighted by molar-refractivity contribution is 5.90. The van der Waals surface area contributed by atoms with Gasteiger partial charge in [-0.25, -0.2) is 0 Å². The van der Waals surface area contributed by atoms with Crippen LogP contribution in [-0.4, -0.2) is 0 Å². The van der Waals surface area contributed by atoms with Gasteiger partial charge in [0.15, 0.2) is 0 Å². The van der Waals surface area contributed by atoms with Gasteiger partial charge in [-0.2, -0.15) is 0 Å². The summed E-state index contributed by atoms with van der Waals surface area (Å²) in [5, 5.41) is 5.40. The maximum absolute atomic E-state index is 2.40. The highest BCUT2D eigenvalue weighted by Gasteiger charge is 2.26. The van der Waals surface area contributed by atoms with Crippen LogP contribution in [0.15, 0.2) is 84.9 Å². The van der Waals surface area contributed by atoms with Crippen molar-refractivity contribution < 1.29 is 0 Å². The molecule has 1 atom stereocenters. The Morgan fingerprint density at radius 2 is 0.923 bits per heavy atom. The van der Waals surface area contributed by atoms with Crippen LogP contribution >= 0.6 is 0 Å². The van der Waals surface area contributed by atoms with Crippen molar-refractivity contribution in [2.24, 2.45) is 11.8 Å². The Kier molecular flexibility index (Phi) is 4.51. The van der Waals surface area contributed by atoms with Crippen molar-refractivity contribution in [3.05, 3.63) is 96.1 Å². The Balaban J connectivity index is 2.01. The number of hydrogen-bond donors (Lipinski definition) is 0. The van der Waals surface area contributed by atoms with Gasteiger partial charge >= 0.3 is 0 Å². The monoisotopic (exact) mass is 338 g/mol. The zero-order valence-electron chi connectivity index (χ0n) is 15.8. The van der Waals surface area contributed by atoms with E-state index < -0.39 is 0 Å². The van der Waals surface area contributed by atoms with Crippen LogP contribution in [0.4, 0.5) is 0 Å². The summed E-state index contributed by atoms with van der Waals surface area (Å²) in [6, 6.07) is 31.1. The second-order valence-corrected chi connectivity index (χ2v) is 7.72. The first-order valence-corrected chi connectivity index (χ1v) is 9.62. The first kappa shape index (κ1) is 16.8. The van der Waals surface area contributed by atoms with Crippen LogP contribution in [-0.2, 0) is 0 Å². The van der Waals surface area contributed by atoms with Gasteiger partial charge in [0.05, 0.1) is 0 Å². The molecule has 0 heteroatoms. The summed E-state index contributed by atoms with van der Waals surface area (Å²) in [5.74, 6) is 1.54. The Hall–Kier alpha value is -2.60. The van der Waals surface area contributed by atoms with Gasteiger partial charge in [0.2, 0.25) is 0 Å². The lowest BCUT2D eigenvalue weighted by Crippen LogP contribution is -2.17. The highest BCUT2D eigenvalue weighted by atomic mass is 14.3. The lowest BCUT2D eigenvalue weighted by Gasteiger charge is -2.30. The van der Waals surface area contributed by atoms with Crippen LogP contribution in [0.25, 0.3) is 21.5 Å². The fourth-order valence-corrected chi connectivity index (χ4v) is 4.16. The molecule has 0 fully saturated rings. The summed E-state index contributed by atoms with van der Waals surface area (Å²) in [6.45, 7) is 7.08. The molecule has 0 spiro atoms. The van der Waals surface area contributed by atoms with Gasteiger partial charge in [-0.1, -0.05) is 106 Å². The molecule has 0 amide bonds. The first-order valence-electron chi connectivity index (χ1n) is 9.62. The zero-order valence-corrected chi connectivity index (χ0v) is 15.8.